The number of anilines is 1. The highest BCUT2D eigenvalue weighted by Crippen LogP contribution is 2.30. The van der Waals surface area contributed by atoms with Gasteiger partial charge < -0.3 is 9.64 Å². The minimum Gasteiger partial charge on any atom is -0.472 e. The summed E-state index contributed by atoms with van der Waals surface area (Å²) in [5.74, 6) is 1.31. The Morgan fingerprint density at radius 2 is 2.12 bits per heavy atom. The van der Waals surface area contributed by atoms with Crippen LogP contribution in [0.2, 0.25) is 0 Å². The summed E-state index contributed by atoms with van der Waals surface area (Å²) >= 11 is 1.36. The lowest BCUT2D eigenvalue weighted by Gasteiger charge is -2.15. The van der Waals surface area contributed by atoms with Crippen molar-refractivity contribution >= 4 is 16.7 Å². The first-order valence-corrected chi connectivity index (χ1v) is 8.38. The number of nitrogens with zero attached hydrogens (tertiary/aromatic N) is 4. The summed E-state index contributed by atoms with van der Waals surface area (Å²) in [7, 11) is 0. The highest BCUT2D eigenvalue weighted by Gasteiger charge is 2.31. The lowest BCUT2D eigenvalue weighted by Crippen LogP contribution is -2.24. The van der Waals surface area contributed by atoms with Crippen molar-refractivity contribution in [3.8, 4) is 5.88 Å². The standard InChI is InChI=1S/C15H17F3N4OS/c1-9(2)13-20-14(24-21-13)22-6-5-11(8-22)23-12-4-3-10(7-19-12)15(16,17)18/h3-4,7,9,11H,5-6,8H2,1-2H3. The molecule has 1 unspecified atom stereocenters. The van der Waals surface area contributed by atoms with Gasteiger partial charge in [-0.05, 0) is 6.07 Å². The minimum absolute atomic E-state index is 0.124. The van der Waals surface area contributed by atoms with Crippen LogP contribution in [0.15, 0.2) is 18.3 Å². The Balaban J connectivity index is 1.59. The summed E-state index contributed by atoms with van der Waals surface area (Å²) in [6.45, 7) is 5.48. The molecule has 1 fully saturated rings. The van der Waals surface area contributed by atoms with Crippen LogP contribution in [0.5, 0.6) is 5.88 Å². The van der Waals surface area contributed by atoms with E-state index in [0.717, 1.165) is 36.2 Å². The van der Waals surface area contributed by atoms with Crippen molar-refractivity contribution < 1.29 is 17.9 Å². The molecule has 1 aliphatic heterocycles. The average molecular weight is 358 g/mol. The van der Waals surface area contributed by atoms with Gasteiger partial charge in [-0.3, -0.25) is 0 Å². The van der Waals surface area contributed by atoms with Gasteiger partial charge in [0.25, 0.3) is 0 Å². The molecule has 0 amide bonds. The normalized spacial score (nSPS) is 18.4. The quantitative estimate of drug-likeness (QED) is 0.833. The average Bonchev–Trinajstić information content (AvgIpc) is 3.15. The number of alkyl halides is 3. The van der Waals surface area contributed by atoms with E-state index in [-0.39, 0.29) is 17.9 Å². The topological polar surface area (TPSA) is 51.1 Å². The molecule has 9 heteroatoms. The first kappa shape index (κ1) is 16.9. The van der Waals surface area contributed by atoms with E-state index in [9.17, 15) is 13.2 Å². The maximum atomic E-state index is 12.5. The minimum atomic E-state index is -4.39. The van der Waals surface area contributed by atoms with E-state index >= 15 is 0 Å². The van der Waals surface area contributed by atoms with Crippen LogP contribution in [0.25, 0.3) is 0 Å². The number of rotatable bonds is 4. The summed E-state index contributed by atoms with van der Waals surface area (Å²) in [5, 5.41) is 0.852. The summed E-state index contributed by atoms with van der Waals surface area (Å²) in [4.78, 5) is 10.3. The van der Waals surface area contributed by atoms with Crippen LogP contribution >= 0.6 is 11.5 Å². The Kier molecular flexibility index (Phi) is 4.62. The molecule has 1 atom stereocenters. The fourth-order valence-corrected chi connectivity index (χ4v) is 3.22. The van der Waals surface area contributed by atoms with Crippen molar-refractivity contribution in [3.05, 3.63) is 29.7 Å². The van der Waals surface area contributed by atoms with Gasteiger partial charge in [-0.15, -0.1) is 0 Å². The van der Waals surface area contributed by atoms with Crippen molar-refractivity contribution in [1.29, 1.82) is 0 Å². The number of halogens is 3. The predicted molar refractivity (Wildman–Crippen MR) is 84.5 cm³/mol. The van der Waals surface area contributed by atoms with Gasteiger partial charge in [0.1, 0.15) is 11.9 Å². The third-order valence-electron chi connectivity index (χ3n) is 3.71. The zero-order valence-corrected chi connectivity index (χ0v) is 14.1. The maximum absolute atomic E-state index is 12.5. The molecule has 1 saturated heterocycles. The van der Waals surface area contributed by atoms with Gasteiger partial charge in [0.15, 0.2) is 0 Å². The van der Waals surface area contributed by atoms with Crippen molar-refractivity contribution in [2.75, 3.05) is 18.0 Å². The zero-order valence-electron chi connectivity index (χ0n) is 13.2. The van der Waals surface area contributed by atoms with Gasteiger partial charge in [0, 0.05) is 42.7 Å². The van der Waals surface area contributed by atoms with E-state index in [4.69, 9.17) is 4.74 Å². The third kappa shape index (κ3) is 3.77. The molecule has 2 aromatic rings. The molecule has 5 nitrogen and oxygen atoms in total. The lowest BCUT2D eigenvalue weighted by atomic mass is 10.2. The van der Waals surface area contributed by atoms with Crippen molar-refractivity contribution in [2.45, 2.75) is 38.5 Å². The van der Waals surface area contributed by atoms with Crippen molar-refractivity contribution in [3.63, 3.8) is 0 Å². The second-order valence-corrected chi connectivity index (χ2v) is 6.68. The molecule has 0 aromatic carbocycles. The highest BCUT2D eigenvalue weighted by molar-refractivity contribution is 7.09. The van der Waals surface area contributed by atoms with Crippen LogP contribution in [0, 0.1) is 0 Å². The molecule has 0 saturated carbocycles. The number of ether oxygens (including phenoxy) is 1. The highest BCUT2D eigenvalue weighted by atomic mass is 32.1. The molecule has 3 heterocycles. The van der Waals surface area contributed by atoms with Crippen LogP contribution in [0.1, 0.15) is 37.6 Å². The first-order valence-electron chi connectivity index (χ1n) is 7.61. The van der Waals surface area contributed by atoms with Gasteiger partial charge in [-0.25, -0.2) is 9.97 Å². The SMILES string of the molecule is CC(C)c1nsc(N2CCC(Oc3ccc(C(F)(F)F)cn3)C2)n1. The van der Waals surface area contributed by atoms with E-state index in [1.807, 2.05) is 13.8 Å². The smallest absolute Gasteiger partial charge is 0.417 e. The van der Waals surface area contributed by atoms with Crippen LogP contribution in [0.4, 0.5) is 18.3 Å². The molecule has 130 valence electrons. The largest absolute Gasteiger partial charge is 0.472 e. The van der Waals surface area contributed by atoms with E-state index in [1.54, 1.807) is 0 Å². The zero-order chi connectivity index (χ0) is 17.3. The maximum Gasteiger partial charge on any atom is 0.417 e. The van der Waals surface area contributed by atoms with Gasteiger partial charge in [0.2, 0.25) is 11.0 Å². The first-order chi connectivity index (χ1) is 11.3. The van der Waals surface area contributed by atoms with Crippen molar-refractivity contribution in [2.24, 2.45) is 0 Å². The molecule has 0 spiro atoms. The Labute approximate surface area is 141 Å². The molecule has 1 aliphatic rings. The fourth-order valence-electron chi connectivity index (χ4n) is 2.38. The summed E-state index contributed by atoms with van der Waals surface area (Å²) < 4.78 is 47.6. The molecule has 0 aliphatic carbocycles. The second-order valence-electron chi connectivity index (χ2n) is 5.95. The Bertz CT molecular complexity index is 687. The van der Waals surface area contributed by atoms with Crippen LogP contribution in [-0.2, 0) is 6.18 Å². The van der Waals surface area contributed by atoms with E-state index in [1.165, 1.54) is 17.6 Å². The van der Waals surface area contributed by atoms with Crippen molar-refractivity contribution in [1.82, 2.24) is 14.3 Å². The summed E-state index contributed by atoms with van der Waals surface area (Å²) in [5.41, 5.74) is -0.780. The monoisotopic (exact) mass is 358 g/mol. The van der Waals surface area contributed by atoms with Crippen LogP contribution < -0.4 is 9.64 Å². The Hall–Kier alpha value is -1.90. The second kappa shape index (κ2) is 6.54. The lowest BCUT2D eigenvalue weighted by molar-refractivity contribution is -0.137. The van der Waals surface area contributed by atoms with Gasteiger partial charge in [0.05, 0.1) is 12.1 Å². The Morgan fingerprint density at radius 1 is 1.33 bits per heavy atom. The number of hydrogen-bond acceptors (Lipinski definition) is 6. The van der Waals surface area contributed by atoms with Gasteiger partial charge in [-0.1, -0.05) is 13.8 Å². The van der Waals surface area contributed by atoms with E-state index in [2.05, 4.69) is 19.2 Å². The summed E-state index contributed by atoms with van der Waals surface area (Å²) in [6, 6.07) is 2.24. The van der Waals surface area contributed by atoms with Crippen LogP contribution in [-0.4, -0.2) is 33.5 Å². The van der Waals surface area contributed by atoms with Gasteiger partial charge in [-0.2, -0.15) is 17.5 Å². The fraction of sp³-hybridized carbons (Fsp3) is 0.533. The van der Waals surface area contributed by atoms with E-state index < -0.39 is 11.7 Å². The number of hydrogen-bond donors (Lipinski definition) is 0. The molecule has 3 rings (SSSR count). The molecule has 0 N–H and O–H groups in total. The molecule has 0 radical (unpaired) electrons. The summed E-state index contributed by atoms with van der Waals surface area (Å²) in [6.07, 6.45) is -2.96. The molecule has 24 heavy (non-hydrogen) atoms. The predicted octanol–water partition coefficient (Wildman–Crippen LogP) is 3.73. The number of aromatic nitrogens is 3. The van der Waals surface area contributed by atoms with Crippen LogP contribution in [0.3, 0.4) is 0 Å². The molecular weight excluding hydrogens is 341 g/mol. The molecular formula is C15H17F3N4OS. The van der Waals surface area contributed by atoms with Gasteiger partial charge >= 0.3 is 6.18 Å². The molecule has 2 aromatic heterocycles. The molecule has 0 bridgehead atoms. The number of pyridine rings is 1. The third-order valence-corrected chi connectivity index (χ3v) is 4.51. The Morgan fingerprint density at radius 3 is 2.71 bits per heavy atom. The van der Waals surface area contributed by atoms with E-state index in [0.29, 0.717) is 6.54 Å².